The van der Waals surface area contributed by atoms with E-state index in [-0.39, 0.29) is 0 Å². The fraction of sp³-hybridized carbons (Fsp3) is 1.00. The third-order valence-electron chi connectivity index (χ3n) is 2.18. The molecule has 0 aromatic carbocycles. The van der Waals surface area contributed by atoms with Crippen molar-refractivity contribution in [2.45, 2.75) is 23.9 Å². The summed E-state index contributed by atoms with van der Waals surface area (Å²) in [5.41, 5.74) is 0. The van der Waals surface area contributed by atoms with Crippen molar-refractivity contribution in [1.29, 1.82) is 0 Å². The summed E-state index contributed by atoms with van der Waals surface area (Å²) in [7, 11) is 0. The molecule has 2 heterocycles. The van der Waals surface area contributed by atoms with Gasteiger partial charge in [0, 0.05) is 24.5 Å². The molecule has 0 aliphatic carbocycles. The Balaban J connectivity index is 1.78. The van der Waals surface area contributed by atoms with E-state index < -0.39 is 0 Å². The minimum Gasteiger partial charge on any atom is -0.363 e. The molecule has 3 heteroatoms. The monoisotopic (exact) mass is 205 g/mol. The first-order valence-corrected chi connectivity index (χ1v) is 4.77. The highest BCUT2D eigenvalue weighted by atomic mass is 79.9. The SMILES string of the molecule is BrC1CN(C2CCCO2)C1. The number of hydrogen-bond donors (Lipinski definition) is 0. The zero-order valence-corrected chi connectivity index (χ0v) is 7.51. The Morgan fingerprint density at radius 1 is 1.40 bits per heavy atom. The van der Waals surface area contributed by atoms with Crippen molar-refractivity contribution in [3.8, 4) is 0 Å². The van der Waals surface area contributed by atoms with Crippen LogP contribution in [0.5, 0.6) is 0 Å². The molecule has 0 amide bonds. The highest BCUT2D eigenvalue weighted by Gasteiger charge is 2.32. The minimum absolute atomic E-state index is 0.453. The highest BCUT2D eigenvalue weighted by molar-refractivity contribution is 9.09. The van der Waals surface area contributed by atoms with Crippen molar-refractivity contribution in [2.75, 3.05) is 19.7 Å². The van der Waals surface area contributed by atoms with Crippen molar-refractivity contribution in [2.24, 2.45) is 0 Å². The van der Waals surface area contributed by atoms with Gasteiger partial charge >= 0.3 is 0 Å². The number of ether oxygens (including phenoxy) is 1. The van der Waals surface area contributed by atoms with Crippen LogP contribution in [-0.4, -0.2) is 35.7 Å². The Bertz CT molecular complexity index is 119. The predicted molar refractivity (Wildman–Crippen MR) is 43.3 cm³/mol. The second-order valence-corrected chi connectivity index (χ2v) is 4.31. The highest BCUT2D eigenvalue weighted by Crippen LogP contribution is 2.24. The van der Waals surface area contributed by atoms with Crippen LogP contribution in [0.2, 0.25) is 0 Å². The first-order chi connectivity index (χ1) is 4.86. The summed E-state index contributed by atoms with van der Waals surface area (Å²) >= 11 is 3.55. The average molecular weight is 206 g/mol. The Hall–Kier alpha value is 0.400. The van der Waals surface area contributed by atoms with Crippen LogP contribution in [0.15, 0.2) is 0 Å². The lowest BCUT2D eigenvalue weighted by molar-refractivity contribution is -0.0471. The van der Waals surface area contributed by atoms with Crippen LogP contribution < -0.4 is 0 Å². The Morgan fingerprint density at radius 2 is 2.20 bits per heavy atom. The molecule has 0 aromatic rings. The molecule has 1 unspecified atom stereocenters. The summed E-state index contributed by atoms with van der Waals surface area (Å²) in [6.07, 6.45) is 2.93. The fourth-order valence-corrected chi connectivity index (χ4v) is 2.28. The molecule has 10 heavy (non-hydrogen) atoms. The van der Waals surface area contributed by atoms with Crippen molar-refractivity contribution in [3.05, 3.63) is 0 Å². The maximum Gasteiger partial charge on any atom is 0.110 e. The lowest BCUT2D eigenvalue weighted by Gasteiger charge is -2.39. The van der Waals surface area contributed by atoms with Crippen LogP contribution in [0.25, 0.3) is 0 Å². The number of halogens is 1. The molecule has 1 atom stereocenters. The van der Waals surface area contributed by atoms with Crippen LogP contribution in [-0.2, 0) is 4.74 Å². The van der Waals surface area contributed by atoms with Gasteiger partial charge in [0.15, 0.2) is 0 Å². The Morgan fingerprint density at radius 3 is 2.70 bits per heavy atom. The predicted octanol–water partition coefficient (Wildman–Crippen LogP) is 1.20. The lowest BCUT2D eigenvalue weighted by atomic mass is 10.2. The number of hydrogen-bond acceptors (Lipinski definition) is 2. The minimum atomic E-state index is 0.453. The first kappa shape index (κ1) is 7.07. The van der Waals surface area contributed by atoms with Crippen LogP contribution in [0.3, 0.4) is 0 Å². The first-order valence-electron chi connectivity index (χ1n) is 3.86. The van der Waals surface area contributed by atoms with E-state index in [1.807, 2.05) is 0 Å². The number of alkyl halides is 1. The molecule has 0 aromatic heterocycles. The molecule has 2 nitrogen and oxygen atoms in total. The smallest absolute Gasteiger partial charge is 0.110 e. The number of nitrogens with zero attached hydrogens (tertiary/aromatic N) is 1. The molecule has 2 aliphatic heterocycles. The van der Waals surface area contributed by atoms with Gasteiger partial charge in [-0.1, -0.05) is 15.9 Å². The molecule has 58 valence electrons. The van der Waals surface area contributed by atoms with Gasteiger partial charge in [-0.2, -0.15) is 0 Å². The van der Waals surface area contributed by atoms with Crippen molar-refractivity contribution in [3.63, 3.8) is 0 Å². The van der Waals surface area contributed by atoms with E-state index in [4.69, 9.17) is 4.74 Å². The molecule has 0 N–H and O–H groups in total. The molecule has 0 spiro atoms. The van der Waals surface area contributed by atoms with E-state index in [0.29, 0.717) is 6.23 Å². The van der Waals surface area contributed by atoms with Gasteiger partial charge in [0.05, 0.1) is 0 Å². The molecule has 2 aliphatic rings. The summed E-state index contributed by atoms with van der Waals surface area (Å²) in [6, 6.07) is 0. The van der Waals surface area contributed by atoms with Gasteiger partial charge in [0.25, 0.3) is 0 Å². The lowest BCUT2D eigenvalue weighted by Crippen LogP contribution is -2.52. The van der Waals surface area contributed by atoms with E-state index >= 15 is 0 Å². The van der Waals surface area contributed by atoms with Crippen LogP contribution in [0.1, 0.15) is 12.8 Å². The molecule has 2 rings (SSSR count). The van der Waals surface area contributed by atoms with Gasteiger partial charge in [-0.05, 0) is 12.8 Å². The molecular formula is C7H12BrNO. The fourth-order valence-electron chi connectivity index (χ4n) is 1.54. The summed E-state index contributed by atoms with van der Waals surface area (Å²) in [6.45, 7) is 3.31. The van der Waals surface area contributed by atoms with Crippen molar-refractivity contribution in [1.82, 2.24) is 4.90 Å². The maximum atomic E-state index is 5.51. The van der Waals surface area contributed by atoms with E-state index in [1.54, 1.807) is 0 Å². The Labute approximate surface area is 69.7 Å². The summed E-state index contributed by atoms with van der Waals surface area (Å²) < 4.78 is 5.51. The topological polar surface area (TPSA) is 12.5 Å². The van der Waals surface area contributed by atoms with Gasteiger partial charge < -0.3 is 4.74 Å². The standard InChI is InChI=1S/C7H12BrNO/c8-6-4-9(5-6)7-2-1-3-10-7/h6-7H,1-5H2. The van der Waals surface area contributed by atoms with Crippen LogP contribution in [0.4, 0.5) is 0 Å². The van der Waals surface area contributed by atoms with Gasteiger partial charge in [-0.15, -0.1) is 0 Å². The van der Waals surface area contributed by atoms with E-state index in [1.165, 1.54) is 25.9 Å². The Kier molecular flexibility index (Phi) is 1.98. The van der Waals surface area contributed by atoms with Crippen molar-refractivity contribution >= 4 is 15.9 Å². The molecule has 2 fully saturated rings. The van der Waals surface area contributed by atoms with E-state index in [0.717, 1.165) is 11.4 Å². The molecule has 2 saturated heterocycles. The summed E-state index contributed by atoms with van der Waals surface area (Å²) in [4.78, 5) is 3.11. The van der Waals surface area contributed by atoms with Gasteiger partial charge in [0.2, 0.25) is 0 Å². The van der Waals surface area contributed by atoms with Gasteiger partial charge in [-0.25, -0.2) is 0 Å². The third kappa shape index (κ3) is 1.22. The zero-order chi connectivity index (χ0) is 6.97. The second-order valence-electron chi connectivity index (χ2n) is 3.02. The molecule has 0 radical (unpaired) electrons. The normalized spacial score (nSPS) is 36.3. The molecular weight excluding hydrogens is 194 g/mol. The van der Waals surface area contributed by atoms with Crippen LogP contribution >= 0.6 is 15.9 Å². The largest absolute Gasteiger partial charge is 0.363 e. The van der Waals surface area contributed by atoms with Crippen LogP contribution in [0, 0.1) is 0 Å². The molecule has 0 bridgehead atoms. The third-order valence-corrected chi connectivity index (χ3v) is 2.76. The van der Waals surface area contributed by atoms with E-state index in [2.05, 4.69) is 20.8 Å². The number of likely N-dealkylation sites (tertiary alicyclic amines) is 1. The molecule has 0 saturated carbocycles. The van der Waals surface area contributed by atoms with Gasteiger partial charge in [-0.3, -0.25) is 4.90 Å². The summed E-state index contributed by atoms with van der Waals surface area (Å²) in [5, 5.41) is 0. The average Bonchev–Trinajstić information content (AvgIpc) is 2.31. The zero-order valence-electron chi connectivity index (χ0n) is 5.92. The second kappa shape index (κ2) is 2.80. The summed E-state index contributed by atoms with van der Waals surface area (Å²) in [5.74, 6) is 0. The van der Waals surface area contributed by atoms with Crippen molar-refractivity contribution < 1.29 is 4.74 Å². The number of rotatable bonds is 1. The van der Waals surface area contributed by atoms with Gasteiger partial charge in [0.1, 0.15) is 6.23 Å². The quantitative estimate of drug-likeness (QED) is 0.598. The van der Waals surface area contributed by atoms with E-state index in [9.17, 15) is 0 Å². The maximum absolute atomic E-state index is 5.51.